The van der Waals surface area contributed by atoms with Crippen molar-refractivity contribution in [1.82, 2.24) is 0 Å². The number of hydrogen-bond donors (Lipinski definition) is 0. The Labute approximate surface area is 95.8 Å². The van der Waals surface area contributed by atoms with E-state index in [1.165, 1.54) is 57.8 Å². The van der Waals surface area contributed by atoms with Crippen LogP contribution in [0.4, 0.5) is 0 Å². The van der Waals surface area contributed by atoms with Crippen molar-refractivity contribution in [3.63, 3.8) is 0 Å². The Morgan fingerprint density at radius 2 is 1.53 bits per heavy atom. The summed E-state index contributed by atoms with van der Waals surface area (Å²) in [6, 6.07) is 0. The van der Waals surface area contributed by atoms with Crippen molar-refractivity contribution in [2.45, 2.75) is 78.1 Å². The Bertz CT molecular complexity index is 180. The molecule has 88 valence electrons. The van der Waals surface area contributed by atoms with Crippen LogP contribution in [-0.2, 0) is 0 Å². The zero-order chi connectivity index (χ0) is 10.7. The van der Waals surface area contributed by atoms with E-state index in [1.807, 2.05) is 0 Å². The Hall–Kier alpha value is 0. The van der Waals surface area contributed by atoms with Crippen LogP contribution in [-0.4, -0.2) is 0 Å². The van der Waals surface area contributed by atoms with E-state index in [4.69, 9.17) is 0 Å². The number of hydrogen-bond acceptors (Lipinski definition) is 0. The lowest BCUT2D eigenvalue weighted by Crippen LogP contribution is -2.27. The molecule has 0 nitrogen and oxygen atoms in total. The molecule has 0 radical (unpaired) electrons. The third kappa shape index (κ3) is 3.23. The Morgan fingerprint density at radius 1 is 0.933 bits per heavy atom. The average Bonchev–Trinajstić information content (AvgIpc) is 2.24. The van der Waals surface area contributed by atoms with E-state index in [0.717, 1.165) is 11.8 Å². The summed E-state index contributed by atoms with van der Waals surface area (Å²) in [5, 5.41) is 0. The van der Waals surface area contributed by atoms with Crippen molar-refractivity contribution in [1.29, 1.82) is 0 Å². The first-order valence-corrected chi connectivity index (χ1v) is 7.18. The molecule has 0 bridgehead atoms. The minimum absolute atomic E-state index is 0.717. The maximum atomic E-state index is 2.56. The lowest BCUT2D eigenvalue weighted by Gasteiger charge is -2.39. The molecular weight excluding hydrogens is 180 g/mol. The molecule has 0 aromatic heterocycles. The molecule has 2 aliphatic carbocycles. The van der Waals surface area contributed by atoms with Crippen LogP contribution in [0.15, 0.2) is 0 Å². The Kier molecular flexibility index (Phi) is 3.74. The van der Waals surface area contributed by atoms with Crippen molar-refractivity contribution < 1.29 is 0 Å². The van der Waals surface area contributed by atoms with Crippen LogP contribution < -0.4 is 0 Å². The van der Waals surface area contributed by atoms with Gasteiger partial charge in [0.15, 0.2) is 0 Å². The van der Waals surface area contributed by atoms with E-state index in [1.54, 1.807) is 6.42 Å². The fourth-order valence-electron chi connectivity index (χ4n) is 3.75. The highest BCUT2D eigenvalue weighted by Gasteiger charge is 2.32. The molecule has 0 atom stereocenters. The first-order chi connectivity index (χ1) is 7.18. The standard InChI is InChI=1S/C15H28/c1-13-8-10-15(2,11-9-13)12-14-6-4-3-5-7-14/h13-14H,3-12H2,1-2H3. The topological polar surface area (TPSA) is 0 Å². The molecule has 0 aromatic rings. The molecule has 2 rings (SSSR count). The maximum absolute atomic E-state index is 2.56. The van der Waals surface area contributed by atoms with Crippen LogP contribution in [0.1, 0.15) is 78.1 Å². The third-order valence-corrected chi connectivity index (χ3v) is 4.99. The van der Waals surface area contributed by atoms with E-state index in [0.29, 0.717) is 5.41 Å². The molecule has 0 spiro atoms. The van der Waals surface area contributed by atoms with E-state index in [9.17, 15) is 0 Å². The second kappa shape index (κ2) is 4.89. The van der Waals surface area contributed by atoms with Gasteiger partial charge in [0.05, 0.1) is 0 Å². The van der Waals surface area contributed by atoms with Gasteiger partial charge < -0.3 is 0 Å². The molecule has 2 fully saturated rings. The second-order valence-electron chi connectivity index (χ2n) is 6.70. The molecular formula is C15H28. The lowest BCUT2D eigenvalue weighted by molar-refractivity contribution is 0.124. The molecule has 0 unspecified atom stereocenters. The van der Waals surface area contributed by atoms with Gasteiger partial charge in [0.2, 0.25) is 0 Å². The average molecular weight is 208 g/mol. The molecule has 0 amide bonds. The maximum Gasteiger partial charge on any atom is -0.0323 e. The minimum atomic E-state index is 0.717. The van der Waals surface area contributed by atoms with Crippen LogP contribution in [0.5, 0.6) is 0 Å². The van der Waals surface area contributed by atoms with Crippen LogP contribution in [0.2, 0.25) is 0 Å². The SMILES string of the molecule is CC1CCC(C)(CC2CCCCC2)CC1. The molecule has 2 aliphatic rings. The summed E-state index contributed by atoms with van der Waals surface area (Å²) in [7, 11) is 0. The van der Waals surface area contributed by atoms with Gasteiger partial charge in [-0.15, -0.1) is 0 Å². The van der Waals surface area contributed by atoms with Gasteiger partial charge in [-0.1, -0.05) is 58.8 Å². The molecule has 0 saturated heterocycles. The van der Waals surface area contributed by atoms with Gasteiger partial charge in [-0.25, -0.2) is 0 Å². The highest BCUT2D eigenvalue weighted by molar-refractivity contribution is 4.84. The van der Waals surface area contributed by atoms with Gasteiger partial charge in [0.25, 0.3) is 0 Å². The van der Waals surface area contributed by atoms with E-state index in [2.05, 4.69) is 13.8 Å². The quantitative estimate of drug-likeness (QED) is 0.587. The first-order valence-electron chi connectivity index (χ1n) is 7.18. The summed E-state index contributed by atoms with van der Waals surface area (Å²) < 4.78 is 0. The van der Waals surface area contributed by atoms with Gasteiger partial charge in [-0.2, -0.15) is 0 Å². The summed E-state index contributed by atoms with van der Waals surface area (Å²) >= 11 is 0. The van der Waals surface area contributed by atoms with Gasteiger partial charge >= 0.3 is 0 Å². The second-order valence-corrected chi connectivity index (χ2v) is 6.70. The van der Waals surface area contributed by atoms with Gasteiger partial charge in [-0.05, 0) is 36.5 Å². The zero-order valence-electron chi connectivity index (χ0n) is 10.7. The lowest BCUT2D eigenvalue weighted by atomic mass is 9.66. The first kappa shape index (κ1) is 11.5. The summed E-state index contributed by atoms with van der Waals surface area (Å²) in [5.74, 6) is 2.08. The molecule has 0 heteroatoms. The highest BCUT2D eigenvalue weighted by atomic mass is 14.4. The molecule has 0 N–H and O–H groups in total. The Morgan fingerprint density at radius 3 is 2.13 bits per heavy atom. The van der Waals surface area contributed by atoms with Crippen LogP contribution in [0, 0.1) is 17.3 Å². The fourth-order valence-corrected chi connectivity index (χ4v) is 3.75. The number of rotatable bonds is 2. The monoisotopic (exact) mass is 208 g/mol. The van der Waals surface area contributed by atoms with Crippen molar-refractivity contribution in [2.24, 2.45) is 17.3 Å². The van der Waals surface area contributed by atoms with Crippen LogP contribution in [0.3, 0.4) is 0 Å². The van der Waals surface area contributed by atoms with Crippen molar-refractivity contribution in [2.75, 3.05) is 0 Å². The molecule has 15 heavy (non-hydrogen) atoms. The van der Waals surface area contributed by atoms with E-state index >= 15 is 0 Å². The van der Waals surface area contributed by atoms with Gasteiger partial charge in [0.1, 0.15) is 0 Å². The predicted molar refractivity (Wildman–Crippen MR) is 66.9 cm³/mol. The largest absolute Gasteiger partial charge is 0.0625 e. The smallest absolute Gasteiger partial charge is 0.0323 e. The summed E-state index contributed by atoms with van der Waals surface area (Å²) in [4.78, 5) is 0. The highest BCUT2D eigenvalue weighted by Crippen LogP contribution is 2.45. The summed E-state index contributed by atoms with van der Waals surface area (Å²) in [6.45, 7) is 4.99. The summed E-state index contributed by atoms with van der Waals surface area (Å²) in [5.41, 5.74) is 0.717. The molecule has 2 saturated carbocycles. The predicted octanol–water partition coefficient (Wildman–Crippen LogP) is 5.17. The van der Waals surface area contributed by atoms with Crippen molar-refractivity contribution in [3.8, 4) is 0 Å². The minimum Gasteiger partial charge on any atom is -0.0625 e. The normalized spacial score (nSPS) is 39.2. The fraction of sp³-hybridized carbons (Fsp3) is 1.00. The molecule has 0 heterocycles. The van der Waals surface area contributed by atoms with Crippen LogP contribution >= 0.6 is 0 Å². The Balaban J connectivity index is 1.81. The van der Waals surface area contributed by atoms with Gasteiger partial charge in [0, 0.05) is 0 Å². The molecule has 0 aromatic carbocycles. The van der Waals surface area contributed by atoms with Crippen molar-refractivity contribution >= 4 is 0 Å². The van der Waals surface area contributed by atoms with E-state index < -0.39 is 0 Å². The third-order valence-electron chi connectivity index (χ3n) is 4.99. The molecule has 0 aliphatic heterocycles. The van der Waals surface area contributed by atoms with Crippen molar-refractivity contribution in [3.05, 3.63) is 0 Å². The zero-order valence-corrected chi connectivity index (χ0v) is 10.7. The van der Waals surface area contributed by atoms with Gasteiger partial charge in [-0.3, -0.25) is 0 Å². The van der Waals surface area contributed by atoms with E-state index in [-0.39, 0.29) is 0 Å². The summed E-state index contributed by atoms with van der Waals surface area (Å²) in [6.07, 6.45) is 15.1. The van der Waals surface area contributed by atoms with Crippen LogP contribution in [0.25, 0.3) is 0 Å².